The van der Waals surface area contributed by atoms with E-state index < -0.39 is 0 Å². The Bertz CT molecular complexity index is 254. The largest absolute Gasteiger partial charge is 0.204 e. The van der Waals surface area contributed by atoms with Crippen LogP contribution in [0.2, 0.25) is 5.02 Å². The first kappa shape index (κ1) is 9.61. The fourth-order valence-corrected chi connectivity index (χ4v) is 2.40. The highest BCUT2D eigenvalue weighted by atomic mass is 127. The number of benzene rings is 1. The molecular formula is C7H5ClFIS. The zero-order chi connectivity index (χ0) is 8.43. The van der Waals surface area contributed by atoms with Crippen molar-refractivity contribution in [3.63, 3.8) is 0 Å². The second-order valence-electron chi connectivity index (χ2n) is 1.91. The summed E-state index contributed by atoms with van der Waals surface area (Å²) in [7, 11) is 0. The minimum atomic E-state index is -0.329. The van der Waals surface area contributed by atoms with E-state index in [-0.39, 0.29) is 10.8 Å². The Morgan fingerprint density at radius 3 is 2.64 bits per heavy atom. The molecule has 0 aliphatic rings. The van der Waals surface area contributed by atoms with Crippen molar-refractivity contribution >= 4 is 46.0 Å². The van der Waals surface area contributed by atoms with Crippen LogP contribution in [0.15, 0.2) is 17.0 Å². The number of hydrogen-bond donors (Lipinski definition) is 0. The Morgan fingerprint density at radius 2 is 2.18 bits per heavy atom. The fourth-order valence-electron chi connectivity index (χ4n) is 0.650. The highest BCUT2D eigenvalue weighted by Crippen LogP contribution is 2.26. The van der Waals surface area contributed by atoms with Crippen molar-refractivity contribution in [1.29, 1.82) is 0 Å². The van der Waals surface area contributed by atoms with Gasteiger partial charge in [-0.25, -0.2) is 4.39 Å². The molecule has 0 aliphatic carbocycles. The number of thioether (sulfide) groups is 1. The first-order chi connectivity index (χ1) is 5.15. The minimum absolute atomic E-state index is 0.196. The van der Waals surface area contributed by atoms with E-state index in [2.05, 4.69) is 0 Å². The molecule has 0 heterocycles. The molecule has 0 saturated heterocycles. The van der Waals surface area contributed by atoms with E-state index in [4.69, 9.17) is 11.6 Å². The van der Waals surface area contributed by atoms with Gasteiger partial charge in [0.2, 0.25) is 0 Å². The number of hydrogen-bond acceptors (Lipinski definition) is 1. The average molecular weight is 303 g/mol. The van der Waals surface area contributed by atoms with E-state index in [1.54, 1.807) is 23.9 Å². The lowest BCUT2D eigenvalue weighted by Gasteiger charge is -2.00. The van der Waals surface area contributed by atoms with Gasteiger partial charge < -0.3 is 0 Å². The van der Waals surface area contributed by atoms with Gasteiger partial charge in [0.1, 0.15) is 0 Å². The van der Waals surface area contributed by atoms with E-state index in [0.29, 0.717) is 3.57 Å². The van der Waals surface area contributed by atoms with Gasteiger partial charge in [-0.1, -0.05) is 11.6 Å². The average Bonchev–Trinajstić information content (AvgIpc) is 1.99. The Morgan fingerprint density at radius 1 is 1.55 bits per heavy atom. The summed E-state index contributed by atoms with van der Waals surface area (Å²) in [5, 5.41) is 0.196. The molecule has 0 aromatic heterocycles. The lowest BCUT2D eigenvalue weighted by Crippen LogP contribution is -1.83. The summed E-state index contributed by atoms with van der Waals surface area (Å²) >= 11 is 9.08. The van der Waals surface area contributed by atoms with E-state index in [1.165, 1.54) is 0 Å². The van der Waals surface area contributed by atoms with Gasteiger partial charge >= 0.3 is 0 Å². The van der Waals surface area contributed by atoms with Crippen molar-refractivity contribution < 1.29 is 4.39 Å². The molecule has 4 heteroatoms. The highest BCUT2D eigenvalue weighted by molar-refractivity contribution is 14.1. The Labute approximate surface area is 87.7 Å². The van der Waals surface area contributed by atoms with Gasteiger partial charge in [-0.2, -0.15) is 0 Å². The van der Waals surface area contributed by atoms with Crippen LogP contribution in [0.25, 0.3) is 0 Å². The summed E-state index contributed by atoms with van der Waals surface area (Å²) < 4.78 is 13.5. The van der Waals surface area contributed by atoms with E-state index >= 15 is 0 Å². The molecule has 0 bridgehead atoms. The molecule has 1 aromatic rings. The summed E-state index contributed by atoms with van der Waals surface area (Å²) in [6, 6.07) is 3.40. The summed E-state index contributed by atoms with van der Waals surface area (Å²) in [6.45, 7) is 0. The zero-order valence-electron chi connectivity index (χ0n) is 5.70. The van der Waals surface area contributed by atoms with Crippen molar-refractivity contribution in [2.45, 2.75) is 4.90 Å². The normalized spacial score (nSPS) is 10.2. The van der Waals surface area contributed by atoms with Crippen LogP contribution < -0.4 is 0 Å². The van der Waals surface area contributed by atoms with E-state index in [0.717, 1.165) is 4.90 Å². The highest BCUT2D eigenvalue weighted by Gasteiger charge is 2.05. The third-order valence-electron chi connectivity index (χ3n) is 1.19. The predicted molar refractivity (Wildman–Crippen MR) is 55.9 cm³/mol. The number of rotatable bonds is 1. The van der Waals surface area contributed by atoms with Crippen LogP contribution in [0.1, 0.15) is 0 Å². The molecule has 60 valence electrons. The van der Waals surface area contributed by atoms with E-state index in [1.807, 2.05) is 28.8 Å². The first-order valence-electron chi connectivity index (χ1n) is 2.83. The lowest BCUT2D eigenvalue weighted by molar-refractivity contribution is 0.619. The molecule has 0 fully saturated rings. The minimum Gasteiger partial charge on any atom is -0.204 e. The molecule has 0 radical (unpaired) electrons. The van der Waals surface area contributed by atoms with Gasteiger partial charge in [-0.3, -0.25) is 0 Å². The van der Waals surface area contributed by atoms with Gasteiger partial charge in [0.25, 0.3) is 0 Å². The summed E-state index contributed by atoms with van der Waals surface area (Å²) in [4.78, 5) is 0.987. The molecule has 1 aromatic carbocycles. The van der Waals surface area contributed by atoms with Crippen LogP contribution in [0.3, 0.4) is 0 Å². The fraction of sp³-hybridized carbons (Fsp3) is 0.143. The topological polar surface area (TPSA) is 0 Å². The molecular weight excluding hydrogens is 297 g/mol. The molecule has 0 atom stereocenters. The standard InChI is InChI=1S/C7H5ClFIS/c1-11-4-2-5(8)7(9)6(10)3-4/h2-3H,1H3. The summed E-state index contributed by atoms with van der Waals surface area (Å²) in [5.74, 6) is -0.329. The van der Waals surface area contributed by atoms with Gasteiger partial charge in [0, 0.05) is 4.90 Å². The van der Waals surface area contributed by atoms with E-state index in [9.17, 15) is 4.39 Å². The second-order valence-corrected chi connectivity index (χ2v) is 4.35. The monoisotopic (exact) mass is 302 g/mol. The van der Waals surface area contributed by atoms with Crippen molar-refractivity contribution in [3.05, 3.63) is 26.5 Å². The van der Waals surface area contributed by atoms with Crippen LogP contribution in [0, 0.1) is 9.39 Å². The second kappa shape index (κ2) is 3.96. The maximum atomic E-state index is 12.9. The molecule has 0 unspecified atom stereocenters. The summed E-state index contributed by atoms with van der Waals surface area (Å²) in [5.41, 5.74) is 0. The van der Waals surface area contributed by atoms with Gasteiger partial charge in [-0.05, 0) is 41.0 Å². The van der Waals surface area contributed by atoms with Gasteiger partial charge in [-0.15, -0.1) is 11.8 Å². The maximum absolute atomic E-state index is 12.9. The van der Waals surface area contributed by atoms with Crippen molar-refractivity contribution in [2.75, 3.05) is 6.26 Å². The Kier molecular flexibility index (Phi) is 3.46. The van der Waals surface area contributed by atoms with Crippen LogP contribution >= 0.6 is 46.0 Å². The zero-order valence-corrected chi connectivity index (χ0v) is 9.43. The molecule has 0 spiro atoms. The smallest absolute Gasteiger partial charge is 0.155 e. The molecule has 0 aliphatic heterocycles. The SMILES string of the molecule is CSc1cc(Cl)c(F)c(I)c1. The van der Waals surface area contributed by atoms with Crippen molar-refractivity contribution in [3.8, 4) is 0 Å². The van der Waals surface area contributed by atoms with Crippen LogP contribution in [-0.4, -0.2) is 6.26 Å². The van der Waals surface area contributed by atoms with Gasteiger partial charge in [0.05, 0.1) is 8.59 Å². The Balaban J connectivity index is 3.21. The molecule has 1 rings (SSSR count). The predicted octanol–water partition coefficient (Wildman–Crippen LogP) is 3.81. The number of halogens is 3. The third kappa shape index (κ3) is 2.23. The molecule has 0 N–H and O–H groups in total. The van der Waals surface area contributed by atoms with Crippen LogP contribution in [0.4, 0.5) is 4.39 Å². The maximum Gasteiger partial charge on any atom is 0.155 e. The third-order valence-corrected chi connectivity index (χ3v) is 2.96. The molecule has 0 saturated carbocycles. The lowest BCUT2D eigenvalue weighted by atomic mass is 10.3. The molecule has 11 heavy (non-hydrogen) atoms. The molecule has 0 amide bonds. The molecule has 0 nitrogen and oxygen atoms in total. The van der Waals surface area contributed by atoms with Crippen molar-refractivity contribution in [2.24, 2.45) is 0 Å². The van der Waals surface area contributed by atoms with Gasteiger partial charge in [0.15, 0.2) is 5.82 Å². The van der Waals surface area contributed by atoms with Crippen LogP contribution in [0.5, 0.6) is 0 Å². The first-order valence-corrected chi connectivity index (χ1v) is 5.52. The quantitative estimate of drug-likeness (QED) is 0.432. The van der Waals surface area contributed by atoms with Crippen LogP contribution in [-0.2, 0) is 0 Å². The van der Waals surface area contributed by atoms with Crippen molar-refractivity contribution in [1.82, 2.24) is 0 Å². The Hall–Kier alpha value is 0.520. The summed E-state index contributed by atoms with van der Waals surface area (Å²) in [6.07, 6.45) is 1.93.